The van der Waals surface area contributed by atoms with Crippen molar-refractivity contribution in [2.24, 2.45) is 17.4 Å². The van der Waals surface area contributed by atoms with Gasteiger partial charge in [-0.1, -0.05) is 6.92 Å². The summed E-state index contributed by atoms with van der Waals surface area (Å²) in [4.78, 5) is 22.0. The fourth-order valence-electron chi connectivity index (χ4n) is 1.17. The molecule has 0 heterocycles. The molecule has 82 valence electrons. The molecule has 0 radical (unpaired) electrons. The first-order chi connectivity index (χ1) is 6.51. The maximum atomic E-state index is 11.5. The molecule has 0 saturated carbocycles. The number of nitrogens with one attached hydrogen (secondary N) is 1. The summed E-state index contributed by atoms with van der Waals surface area (Å²) in [7, 11) is 0. The quantitative estimate of drug-likeness (QED) is 0.532. The van der Waals surface area contributed by atoms with Crippen LogP contribution in [0.25, 0.3) is 0 Å². The van der Waals surface area contributed by atoms with Crippen LogP contribution < -0.4 is 16.8 Å². The van der Waals surface area contributed by atoms with Crippen molar-refractivity contribution in [1.82, 2.24) is 5.32 Å². The van der Waals surface area contributed by atoms with E-state index >= 15 is 0 Å². The Morgan fingerprint density at radius 2 is 2.00 bits per heavy atom. The van der Waals surface area contributed by atoms with Gasteiger partial charge < -0.3 is 16.8 Å². The molecule has 2 unspecified atom stereocenters. The molecule has 0 bridgehead atoms. The van der Waals surface area contributed by atoms with Gasteiger partial charge in [-0.3, -0.25) is 9.59 Å². The molecule has 5 N–H and O–H groups in total. The van der Waals surface area contributed by atoms with Crippen LogP contribution in [0, 0.1) is 5.92 Å². The van der Waals surface area contributed by atoms with Crippen LogP contribution in [-0.2, 0) is 9.59 Å². The van der Waals surface area contributed by atoms with E-state index in [0.717, 1.165) is 0 Å². The SMILES string of the molecule is CCC(CN)C(=O)NC(C)CC(N)=O. The standard InChI is InChI=1S/C9H19N3O2/c1-3-7(5-10)9(14)12-6(2)4-8(11)13/h6-7H,3-5,10H2,1-2H3,(H2,11,13)(H,12,14). The molecule has 5 nitrogen and oxygen atoms in total. The van der Waals surface area contributed by atoms with Crippen molar-refractivity contribution >= 4 is 11.8 Å². The second-order valence-electron chi connectivity index (χ2n) is 3.42. The first-order valence-electron chi connectivity index (χ1n) is 4.80. The maximum Gasteiger partial charge on any atom is 0.224 e. The number of carbonyl (C=O) groups excluding carboxylic acids is 2. The minimum atomic E-state index is -0.418. The van der Waals surface area contributed by atoms with Crippen molar-refractivity contribution in [3.63, 3.8) is 0 Å². The summed E-state index contributed by atoms with van der Waals surface area (Å²) in [5.74, 6) is -0.701. The molecule has 0 aliphatic carbocycles. The number of rotatable bonds is 6. The van der Waals surface area contributed by atoms with Crippen LogP contribution in [0.15, 0.2) is 0 Å². The second kappa shape index (κ2) is 6.37. The lowest BCUT2D eigenvalue weighted by Gasteiger charge is -2.16. The number of primary amides is 1. The third-order valence-electron chi connectivity index (χ3n) is 2.04. The third kappa shape index (κ3) is 4.81. The molecule has 2 amide bonds. The van der Waals surface area contributed by atoms with Gasteiger partial charge in [-0.05, 0) is 13.3 Å². The fraction of sp³-hybridized carbons (Fsp3) is 0.778. The summed E-state index contributed by atoms with van der Waals surface area (Å²) >= 11 is 0. The smallest absolute Gasteiger partial charge is 0.224 e. The van der Waals surface area contributed by atoms with E-state index in [1.165, 1.54) is 0 Å². The Kier molecular flexibility index (Phi) is 5.87. The Hall–Kier alpha value is -1.10. The molecular weight excluding hydrogens is 182 g/mol. The van der Waals surface area contributed by atoms with Crippen LogP contribution in [0.2, 0.25) is 0 Å². The lowest BCUT2D eigenvalue weighted by Crippen LogP contribution is -2.41. The van der Waals surface area contributed by atoms with Crippen molar-refractivity contribution in [2.75, 3.05) is 6.54 Å². The highest BCUT2D eigenvalue weighted by Crippen LogP contribution is 2.01. The van der Waals surface area contributed by atoms with Gasteiger partial charge in [0.25, 0.3) is 0 Å². The topological polar surface area (TPSA) is 98.2 Å². The van der Waals surface area contributed by atoms with E-state index in [0.29, 0.717) is 13.0 Å². The number of hydrogen-bond acceptors (Lipinski definition) is 3. The lowest BCUT2D eigenvalue weighted by molar-refractivity contribution is -0.125. The van der Waals surface area contributed by atoms with Crippen LogP contribution in [0.5, 0.6) is 0 Å². The Bertz CT molecular complexity index is 202. The molecule has 0 aliphatic heterocycles. The van der Waals surface area contributed by atoms with Gasteiger partial charge in [0, 0.05) is 24.9 Å². The molecule has 0 aromatic heterocycles. The Morgan fingerprint density at radius 3 is 2.36 bits per heavy atom. The third-order valence-corrected chi connectivity index (χ3v) is 2.04. The second-order valence-corrected chi connectivity index (χ2v) is 3.42. The van der Waals surface area contributed by atoms with Gasteiger partial charge in [0.1, 0.15) is 0 Å². The van der Waals surface area contributed by atoms with Crippen molar-refractivity contribution in [3.8, 4) is 0 Å². The summed E-state index contributed by atoms with van der Waals surface area (Å²) in [6, 6.07) is -0.222. The number of amides is 2. The summed E-state index contributed by atoms with van der Waals surface area (Å²) in [5.41, 5.74) is 10.4. The van der Waals surface area contributed by atoms with Gasteiger partial charge >= 0.3 is 0 Å². The minimum absolute atomic E-state index is 0.108. The average molecular weight is 201 g/mol. The molecule has 0 aromatic carbocycles. The molecule has 0 rings (SSSR count). The first-order valence-corrected chi connectivity index (χ1v) is 4.80. The average Bonchev–Trinajstić information content (AvgIpc) is 2.04. The summed E-state index contributed by atoms with van der Waals surface area (Å²) in [5, 5.41) is 2.69. The van der Waals surface area contributed by atoms with Crippen LogP contribution in [0.1, 0.15) is 26.7 Å². The molecule has 0 fully saturated rings. The van der Waals surface area contributed by atoms with Gasteiger partial charge in [0.15, 0.2) is 0 Å². The molecule has 2 atom stereocenters. The van der Waals surface area contributed by atoms with Crippen molar-refractivity contribution < 1.29 is 9.59 Å². The molecule has 5 heteroatoms. The zero-order valence-electron chi connectivity index (χ0n) is 8.75. The predicted molar refractivity (Wildman–Crippen MR) is 54.3 cm³/mol. The maximum absolute atomic E-state index is 11.5. The largest absolute Gasteiger partial charge is 0.370 e. The van der Waals surface area contributed by atoms with Crippen LogP contribution >= 0.6 is 0 Å². The normalized spacial score (nSPS) is 14.5. The summed E-state index contributed by atoms with van der Waals surface area (Å²) in [6.45, 7) is 3.97. The van der Waals surface area contributed by atoms with E-state index in [2.05, 4.69) is 5.32 Å². The van der Waals surface area contributed by atoms with Crippen molar-refractivity contribution in [1.29, 1.82) is 0 Å². The highest BCUT2D eigenvalue weighted by Gasteiger charge is 2.17. The van der Waals surface area contributed by atoms with Crippen molar-refractivity contribution in [2.45, 2.75) is 32.7 Å². The van der Waals surface area contributed by atoms with E-state index < -0.39 is 5.91 Å². The minimum Gasteiger partial charge on any atom is -0.370 e. The highest BCUT2D eigenvalue weighted by molar-refractivity contribution is 5.80. The zero-order chi connectivity index (χ0) is 11.1. The lowest BCUT2D eigenvalue weighted by atomic mass is 10.1. The number of hydrogen-bond donors (Lipinski definition) is 3. The van der Waals surface area contributed by atoms with Gasteiger partial charge in [0.05, 0.1) is 0 Å². The van der Waals surface area contributed by atoms with E-state index in [1.807, 2.05) is 6.92 Å². The molecular formula is C9H19N3O2. The molecule has 14 heavy (non-hydrogen) atoms. The first kappa shape index (κ1) is 12.9. The van der Waals surface area contributed by atoms with Crippen LogP contribution in [-0.4, -0.2) is 24.4 Å². The van der Waals surface area contributed by atoms with Crippen LogP contribution in [0.3, 0.4) is 0 Å². The number of carbonyl (C=O) groups is 2. The van der Waals surface area contributed by atoms with Gasteiger partial charge in [-0.25, -0.2) is 0 Å². The molecule has 0 aliphatic rings. The summed E-state index contributed by atoms with van der Waals surface area (Å²) < 4.78 is 0. The monoisotopic (exact) mass is 201 g/mol. The van der Waals surface area contributed by atoms with Crippen molar-refractivity contribution in [3.05, 3.63) is 0 Å². The zero-order valence-corrected chi connectivity index (χ0v) is 8.75. The van der Waals surface area contributed by atoms with Gasteiger partial charge in [0.2, 0.25) is 11.8 Å². The molecule has 0 saturated heterocycles. The van der Waals surface area contributed by atoms with E-state index in [1.54, 1.807) is 6.92 Å². The fourth-order valence-corrected chi connectivity index (χ4v) is 1.17. The van der Waals surface area contributed by atoms with E-state index in [9.17, 15) is 9.59 Å². The van der Waals surface area contributed by atoms with E-state index in [4.69, 9.17) is 11.5 Å². The van der Waals surface area contributed by atoms with Gasteiger partial charge in [-0.2, -0.15) is 0 Å². The highest BCUT2D eigenvalue weighted by atomic mass is 16.2. The summed E-state index contributed by atoms with van der Waals surface area (Å²) in [6.07, 6.45) is 0.859. The number of nitrogens with two attached hydrogens (primary N) is 2. The Balaban J connectivity index is 3.97. The van der Waals surface area contributed by atoms with E-state index in [-0.39, 0.29) is 24.3 Å². The van der Waals surface area contributed by atoms with Crippen LogP contribution in [0.4, 0.5) is 0 Å². The Morgan fingerprint density at radius 1 is 1.43 bits per heavy atom. The predicted octanol–water partition coefficient (Wildman–Crippen LogP) is -0.649. The molecule has 0 spiro atoms. The van der Waals surface area contributed by atoms with Gasteiger partial charge in [-0.15, -0.1) is 0 Å². The Labute approximate surface area is 84.2 Å². The molecule has 0 aromatic rings.